The van der Waals surface area contributed by atoms with E-state index in [1.54, 1.807) is 54.6 Å². The number of nitrogens with one attached hydrogen (secondary N) is 1. The minimum Gasteiger partial charge on any atom is -0.469 e. The molecule has 0 aliphatic rings. The van der Waals surface area contributed by atoms with Crippen LogP contribution >= 0.6 is 0 Å². The van der Waals surface area contributed by atoms with E-state index in [-0.39, 0.29) is 5.95 Å². The van der Waals surface area contributed by atoms with Crippen molar-refractivity contribution in [2.75, 3.05) is 24.4 Å². The van der Waals surface area contributed by atoms with Gasteiger partial charge in [-0.1, -0.05) is 36.4 Å². The van der Waals surface area contributed by atoms with Gasteiger partial charge < -0.3 is 14.8 Å². The molecule has 0 spiro atoms. The molecule has 0 fully saturated rings. The monoisotopic (exact) mass is 326 g/mol. The molecule has 0 atom stereocenters. The van der Waals surface area contributed by atoms with Gasteiger partial charge in [0.15, 0.2) is 0 Å². The fourth-order valence-corrected chi connectivity index (χ4v) is 1.99. The number of imide groups is 1. The minimum absolute atomic E-state index is 0.00782. The molecule has 0 aliphatic heterocycles. The molecule has 2 aromatic carbocycles. The average molecular weight is 326 g/mol. The third kappa shape index (κ3) is 4.36. The molecule has 2 aromatic rings. The number of methoxy groups -OCH3 is 2. The third-order valence-corrected chi connectivity index (χ3v) is 3.11. The molecule has 0 heterocycles. The normalized spacial score (nSPS) is 9.58. The molecule has 24 heavy (non-hydrogen) atoms. The quantitative estimate of drug-likeness (QED) is 0.675. The van der Waals surface area contributed by atoms with Crippen molar-refractivity contribution >= 4 is 23.3 Å². The van der Waals surface area contributed by atoms with Crippen molar-refractivity contribution in [3.8, 4) is 0 Å². The number of carbonyl (C=O) groups is 2. The first-order valence-electron chi connectivity index (χ1n) is 7.20. The number of hydrogen-bond acceptors (Lipinski definition) is 4. The number of ether oxygens (including phenoxy) is 2. The predicted octanol–water partition coefficient (Wildman–Crippen LogP) is 3.39. The molecular weight excluding hydrogens is 308 g/mol. The van der Waals surface area contributed by atoms with Crippen molar-refractivity contribution in [2.24, 2.45) is 0 Å². The summed E-state index contributed by atoms with van der Waals surface area (Å²) >= 11 is 0. The average Bonchev–Trinajstić information content (AvgIpc) is 2.61. The van der Waals surface area contributed by atoms with Crippen LogP contribution in [0.5, 0.6) is 0 Å². The fourth-order valence-electron chi connectivity index (χ4n) is 1.99. The molecule has 0 unspecified atom stereocenters. The largest absolute Gasteiger partial charge is 0.469 e. The van der Waals surface area contributed by atoms with Crippen LogP contribution in [0.1, 0.15) is 0 Å². The summed E-state index contributed by atoms with van der Waals surface area (Å²) < 4.78 is 9.83. The molecule has 0 radical (unpaired) electrons. The van der Waals surface area contributed by atoms with Gasteiger partial charge >= 0.3 is 6.03 Å². The van der Waals surface area contributed by atoms with Crippen molar-refractivity contribution in [3.63, 3.8) is 0 Å². The highest BCUT2D eigenvalue weighted by Gasteiger charge is 2.23. The number of urea groups is 1. The maximum absolute atomic E-state index is 12.6. The molecule has 0 aromatic heterocycles. The number of para-hydroxylation sites is 2. The lowest BCUT2D eigenvalue weighted by molar-refractivity contribution is -0.113. The van der Waals surface area contributed by atoms with Crippen molar-refractivity contribution in [3.05, 3.63) is 72.7 Å². The van der Waals surface area contributed by atoms with Gasteiger partial charge in [0.1, 0.15) is 0 Å². The predicted molar refractivity (Wildman–Crippen MR) is 91.5 cm³/mol. The minimum atomic E-state index is -0.590. The molecule has 3 amide bonds. The third-order valence-electron chi connectivity index (χ3n) is 3.11. The van der Waals surface area contributed by atoms with Gasteiger partial charge in [0.05, 0.1) is 26.0 Å². The molecule has 1 N–H and O–H groups in total. The summed E-state index contributed by atoms with van der Waals surface area (Å²) in [5.41, 5.74) is 1.01. The van der Waals surface area contributed by atoms with E-state index >= 15 is 0 Å². The van der Waals surface area contributed by atoms with Crippen LogP contribution in [0.25, 0.3) is 0 Å². The zero-order valence-electron chi connectivity index (χ0n) is 13.4. The Morgan fingerprint density at radius 3 is 2.00 bits per heavy atom. The van der Waals surface area contributed by atoms with Crippen molar-refractivity contribution in [1.29, 1.82) is 0 Å². The zero-order valence-corrected chi connectivity index (χ0v) is 13.4. The standard InChI is InChI=1S/C18H18N2O4/c1-23-17(24-2)13-16(21)20(15-11-7-4-8-12-15)18(22)19-14-9-5-3-6-10-14/h3-13H,1-2H3,(H,19,22). The van der Waals surface area contributed by atoms with Gasteiger partial charge in [0.25, 0.3) is 11.9 Å². The van der Waals surface area contributed by atoms with E-state index in [0.29, 0.717) is 11.4 Å². The Bertz CT molecular complexity index is 708. The Labute approximate surface area is 140 Å². The van der Waals surface area contributed by atoms with Gasteiger partial charge in [0, 0.05) is 5.69 Å². The number of carbonyl (C=O) groups excluding carboxylic acids is 2. The molecule has 0 bridgehead atoms. The molecule has 0 saturated heterocycles. The van der Waals surface area contributed by atoms with E-state index in [1.165, 1.54) is 14.2 Å². The van der Waals surface area contributed by atoms with Gasteiger partial charge in [-0.3, -0.25) is 4.79 Å². The maximum Gasteiger partial charge on any atom is 0.333 e. The Morgan fingerprint density at radius 2 is 1.46 bits per heavy atom. The first-order valence-corrected chi connectivity index (χ1v) is 7.20. The first kappa shape index (κ1) is 17.1. The van der Waals surface area contributed by atoms with Crippen LogP contribution < -0.4 is 10.2 Å². The van der Waals surface area contributed by atoms with E-state index in [0.717, 1.165) is 11.0 Å². The molecular formula is C18H18N2O4. The number of hydrogen-bond donors (Lipinski definition) is 1. The summed E-state index contributed by atoms with van der Waals surface area (Å²) in [6, 6.07) is 16.9. The number of rotatable bonds is 5. The van der Waals surface area contributed by atoms with Gasteiger partial charge in [0.2, 0.25) is 0 Å². The van der Waals surface area contributed by atoms with Crippen molar-refractivity contribution in [2.45, 2.75) is 0 Å². The SMILES string of the molecule is COC(=CC(=O)N(C(=O)Nc1ccccc1)c1ccccc1)OC. The summed E-state index contributed by atoms with van der Waals surface area (Å²) in [4.78, 5) is 26.1. The Kier molecular flexibility index (Phi) is 5.96. The topological polar surface area (TPSA) is 67.9 Å². The van der Waals surface area contributed by atoms with E-state index < -0.39 is 11.9 Å². The molecule has 6 nitrogen and oxygen atoms in total. The molecule has 0 saturated carbocycles. The van der Waals surface area contributed by atoms with Gasteiger partial charge in [-0.15, -0.1) is 0 Å². The lowest BCUT2D eigenvalue weighted by Gasteiger charge is -2.20. The van der Waals surface area contributed by atoms with Crippen LogP contribution in [-0.2, 0) is 14.3 Å². The highest BCUT2D eigenvalue weighted by atomic mass is 16.7. The Balaban J connectivity index is 2.31. The molecule has 6 heteroatoms. The maximum atomic E-state index is 12.6. The van der Waals surface area contributed by atoms with E-state index in [4.69, 9.17) is 9.47 Å². The summed E-state index contributed by atoms with van der Waals surface area (Å²) in [6.45, 7) is 0. The van der Waals surface area contributed by atoms with Gasteiger partial charge in [-0.05, 0) is 24.3 Å². The Morgan fingerprint density at radius 1 is 0.917 bits per heavy atom. The Hall–Kier alpha value is -3.28. The van der Waals surface area contributed by atoms with Gasteiger partial charge in [-0.2, -0.15) is 0 Å². The molecule has 0 aliphatic carbocycles. The number of benzene rings is 2. The van der Waals surface area contributed by atoms with E-state index in [1.807, 2.05) is 6.07 Å². The summed E-state index contributed by atoms with van der Waals surface area (Å²) in [7, 11) is 2.75. The van der Waals surface area contributed by atoms with E-state index in [9.17, 15) is 9.59 Å². The van der Waals surface area contributed by atoms with Crippen LogP contribution in [-0.4, -0.2) is 26.2 Å². The second-order valence-corrected chi connectivity index (χ2v) is 4.68. The van der Waals surface area contributed by atoms with Crippen molar-refractivity contribution < 1.29 is 19.1 Å². The van der Waals surface area contributed by atoms with Crippen LogP contribution in [0.2, 0.25) is 0 Å². The summed E-state index contributed by atoms with van der Waals surface area (Å²) in [5.74, 6) is -0.582. The van der Waals surface area contributed by atoms with Gasteiger partial charge in [-0.25, -0.2) is 9.69 Å². The fraction of sp³-hybridized carbons (Fsp3) is 0.111. The highest BCUT2D eigenvalue weighted by molar-refractivity contribution is 6.21. The van der Waals surface area contributed by atoms with Crippen LogP contribution in [0.4, 0.5) is 16.2 Å². The lowest BCUT2D eigenvalue weighted by Crippen LogP contribution is -2.39. The summed E-state index contributed by atoms with van der Waals surface area (Å²) in [5, 5.41) is 2.69. The molecule has 2 rings (SSSR count). The summed E-state index contributed by atoms with van der Waals surface area (Å²) in [6.07, 6.45) is 1.11. The smallest absolute Gasteiger partial charge is 0.333 e. The van der Waals surface area contributed by atoms with Crippen molar-refractivity contribution in [1.82, 2.24) is 0 Å². The van der Waals surface area contributed by atoms with Crippen LogP contribution in [0.15, 0.2) is 72.7 Å². The zero-order chi connectivity index (χ0) is 17.4. The number of nitrogens with zero attached hydrogens (tertiary/aromatic N) is 1. The van der Waals surface area contributed by atoms with Crippen LogP contribution in [0, 0.1) is 0 Å². The second kappa shape index (κ2) is 8.38. The van der Waals surface area contributed by atoms with E-state index in [2.05, 4.69) is 5.32 Å². The first-order chi connectivity index (χ1) is 11.7. The highest BCUT2D eigenvalue weighted by Crippen LogP contribution is 2.17. The number of anilines is 2. The lowest BCUT2D eigenvalue weighted by atomic mass is 10.3. The molecule has 124 valence electrons. The number of amides is 3. The second-order valence-electron chi connectivity index (χ2n) is 4.68. The van der Waals surface area contributed by atoms with Crippen LogP contribution in [0.3, 0.4) is 0 Å².